The zero-order chi connectivity index (χ0) is 14.4. The largest absolute Gasteiger partial charge is 0.347 e. The van der Waals surface area contributed by atoms with Crippen molar-refractivity contribution in [2.45, 2.75) is 6.54 Å². The van der Waals surface area contributed by atoms with Gasteiger partial charge >= 0.3 is 6.03 Å². The number of benzene rings is 1. The minimum atomic E-state index is -0.329. The highest BCUT2D eigenvalue weighted by Crippen LogP contribution is 2.10. The van der Waals surface area contributed by atoms with E-state index in [0.29, 0.717) is 12.2 Å². The molecule has 1 rings (SSSR count). The first-order chi connectivity index (χ1) is 8.93. The summed E-state index contributed by atoms with van der Waals surface area (Å²) < 4.78 is 0. The van der Waals surface area contributed by atoms with Crippen LogP contribution in [0.5, 0.6) is 0 Å². The van der Waals surface area contributed by atoms with Gasteiger partial charge in [-0.2, -0.15) is 0 Å². The second-order valence-electron chi connectivity index (χ2n) is 4.48. The molecular weight excluding hydrogens is 244 g/mol. The van der Waals surface area contributed by atoms with Crippen LogP contribution in [-0.4, -0.2) is 49.4 Å². The van der Waals surface area contributed by atoms with Crippen LogP contribution in [0.2, 0.25) is 0 Å². The molecule has 104 valence electrons. The molecule has 0 fully saturated rings. The van der Waals surface area contributed by atoms with Crippen LogP contribution in [0.3, 0.4) is 0 Å². The van der Waals surface area contributed by atoms with Gasteiger partial charge in [0, 0.05) is 33.4 Å². The summed E-state index contributed by atoms with van der Waals surface area (Å²) in [5.74, 6) is -0.131. The first-order valence-corrected chi connectivity index (χ1v) is 5.95. The Labute approximate surface area is 113 Å². The standard InChI is InChI=1S/C13H20N4O2/c1-16(2)12(18)9-17(3)13(19)15-11-6-4-5-10(7-11)8-14/h4-7H,8-9,14H2,1-3H3,(H,15,19). The van der Waals surface area contributed by atoms with Gasteiger partial charge in [0.25, 0.3) is 0 Å². The highest BCUT2D eigenvalue weighted by molar-refractivity contribution is 5.92. The molecule has 0 unspecified atom stereocenters. The smallest absolute Gasteiger partial charge is 0.322 e. The maximum Gasteiger partial charge on any atom is 0.322 e. The molecule has 0 atom stereocenters. The quantitative estimate of drug-likeness (QED) is 0.840. The van der Waals surface area contributed by atoms with Crippen LogP contribution in [0, 0.1) is 0 Å². The van der Waals surface area contributed by atoms with Gasteiger partial charge in [-0.15, -0.1) is 0 Å². The van der Waals surface area contributed by atoms with Crippen molar-refractivity contribution in [3.63, 3.8) is 0 Å². The van der Waals surface area contributed by atoms with Gasteiger partial charge in [-0.3, -0.25) is 4.79 Å². The summed E-state index contributed by atoms with van der Waals surface area (Å²) in [6.07, 6.45) is 0. The van der Waals surface area contributed by atoms with Gasteiger partial charge in [-0.1, -0.05) is 12.1 Å². The fourth-order valence-corrected chi connectivity index (χ4v) is 1.41. The predicted octanol–water partition coefficient (Wildman–Crippen LogP) is 0.697. The second-order valence-corrected chi connectivity index (χ2v) is 4.48. The lowest BCUT2D eigenvalue weighted by atomic mass is 10.2. The second kappa shape index (κ2) is 6.75. The third-order valence-electron chi connectivity index (χ3n) is 2.63. The van der Waals surface area contributed by atoms with Crippen molar-refractivity contribution in [1.82, 2.24) is 9.80 Å². The van der Waals surface area contributed by atoms with Crippen molar-refractivity contribution in [3.8, 4) is 0 Å². The highest BCUT2D eigenvalue weighted by atomic mass is 16.2. The highest BCUT2D eigenvalue weighted by Gasteiger charge is 2.14. The summed E-state index contributed by atoms with van der Waals surface area (Å²) in [6.45, 7) is 0.452. The minimum Gasteiger partial charge on any atom is -0.347 e. The molecule has 3 amide bonds. The van der Waals surface area contributed by atoms with Gasteiger partial charge < -0.3 is 20.9 Å². The van der Waals surface area contributed by atoms with Gasteiger partial charge in [-0.25, -0.2) is 4.79 Å². The molecule has 6 heteroatoms. The zero-order valence-electron chi connectivity index (χ0n) is 11.5. The number of amides is 3. The van der Waals surface area contributed by atoms with Crippen molar-refractivity contribution < 1.29 is 9.59 Å². The average Bonchev–Trinajstić information content (AvgIpc) is 2.38. The van der Waals surface area contributed by atoms with Crippen LogP contribution in [0.25, 0.3) is 0 Å². The molecule has 0 aromatic heterocycles. The molecule has 0 heterocycles. The van der Waals surface area contributed by atoms with E-state index >= 15 is 0 Å². The van der Waals surface area contributed by atoms with E-state index in [2.05, 4.69) is 5.32 Å². The zero-order valence-corrected chi connectivity index (χ0v) is 11.5. The maximum absolute atomic E-state index is 11.9. The number of carbonyl (C=O) groups excluding carboxylic acids is 2. The Morgan fingerprint density at radius 2 is 1.95 bits per heavy atom. The molecule has 0 aliphatic carbocycles. The SMILES string of the molecule is CN(C)C(=O)CN(C)C(=O)Nc1cccc(CN)c1. The molecule has 0 saturated heterocycles. The summed E-state index contributed by atoms with van der Waals surface area (Å²) in [5, 5.41) is 2.72. The monoisotopic (exact) mass is 264 g/mol. The summed E-state index contributed by atoms with van der Waals surface area (Å²) >= 11 is 0. The van der Waals surface area contributed by atoms with Crippen molar-refractivity contribution in [2.24, 2.45) is 5.73 Å². The summed E-state index contributed by atoms with van der Waals surface area (Å²) in [7, 11) is 4.88. The molecule has 0 bridgehead atoms. The van der Waals surface area contributed by atoms with E-state index in [0.717, 1.165) is 5.56 Å². The average molecular weight is 264 g/mol. The summed E-state index contributed by atoms with van der Waals surface area (Å²) in [4.78, 5) is 26.2. The van der Waals surface area contributed by atoms with Crippen LogP contribution in [0.4, 0.5) is 10.5 Å². The normalized spacial score (nSPS) is 9.89. The Balaban J connectivity index is 2.60. The van der Waals surface area contributed by atoms with Gasteiger partial charge in [0.1, 0.15) is 6.54 Å². The number of carbonyl (C=O) groups is 2. The Hall–Kier alpha value is -2.08. The number of nitrogens with two attached hydrogens (primary N) is 1. The number of hydrogen-bond donors (Lipinski definition) is 2. The minimum absolute atomic E-state index is 0.0371. The molecule has 1 aromatic rings. The molecule has 0 spiro atoms. The third kappa shape index (κ3) is 4.59. The fourth-order valence-electron chi connectivity index (χ4n) is 1.41. The van der Waals surface area contributed by atoms with Crippen molar-refractivity contribution in [2.75, 3.05) is 33.0 Å². The Morgan fingerprint density at radius 3 is 2.53 bits per heavy atom. The molecule has 0 saturated carbocycles. The van der Waals surface area contributed by atoms with E-state index in [9.17, 15) is 9.59 Å². The van der Waals surface area contributed by atoms with E-state index < -0.39 is 0 Å². The van der Waals surface area contributed by atoms with Crippen molar-refractivity contribution in [1.29, 1.82) is 0 Å². The van der Waals surface area contributed by atoms with Gasteiger partial charge in [0.15, 0.2) is 0 Å². The number of nitrogens with one attached hydrogen (secondary N) is 1. The lowest BCUT2D eigenvalue weighted by Gasteiger charge is -2.19. The molecule has 3 N–H and O–H groups in total. The number of likely N-dealkylation sites (N-methyl/N-ethyl adjacent to an activating group) is 2. The molecule has 6 nitrogen and oxygen atoms in total. The molecule has 0 aliphatic rings. The van der Waals surface area contributed by atoms with Crippen molar-refractivity contribution >= 4 is 17.6 Å². The van der Waals surface area contributed by atoms with Gasteiger partial charge in [0.2, 0.25) is 5.91 Å². The third-order valence-corrected chi connectivity index (χ3v) is 2.63. The Morgan fingerprint density at radius 1 is 1.26 bits per heavy atom. The number of rotatable bonds is 4. The van der Waals surface area contributed by atoms with Crippen LogP contribution >= 0.6 is 0 Å². The lowest BCUT2D eigenvalue weighted by molar-refractivity contribution is -0.129. The van der Waals surface area contributed by atoms with E-state index in [1.807, 2.05) is 12.1 Å². The molecule has 1 aromatic carbocycles. The number of urea groups is 1. The van der Waals surface area contributed by atoms with E-state index in [-0.39, 0.29) is 18.5 Å². The lowest BCUT2D eigenvalue weighted by Crippen LogP contribution is -2.39. The number of nitrogens with zero attached hydrogens (tertiary/aromatic N) is 2. The molecule has 0 radical (unpaired) electrons. The Bertz CT molecular complexity index is 460. The summed E-state index contributed by atoms with van der Waals surface area (Å²) in [5.41, 5.74) is 7.13. The van der Waals surface area contributed by atoms with Crippen molar-refractivity contribution in [3.05, 3.63) is 29.8 Å². The number of hydrogen-bond acceptors (Lipinski definition) is 3. The van der Waals surface area contributed by atoms with E-state index in [1.54, 1.807) is 33.3 Å². The fraction of sp³-hybridized carbons (Fsp3) is 0.385. The topological polar surface area (TPSA) is 78.7 Å². The predicted molar refractivity (Wildman–Crippen MR) is 74.7 cm³/mol. The first-order valence-electron chi connectivity index (χ1n) is 5.95. The van der Waals surface area contributed by atoms with E-state index in [4.69, 9.17) is 5.73 Å². The molecule has 19 heavy (non-hydrogen) atoms. The van der Waals surface area contributed by atoms with Crippen LogP contribution in [0.1, 0.15) is 5.56 Å². The number of anilines is 1. The van der Waals surface area contributed by atoms with Crippen LogP contribution in [0.15, 0.2) is 24.3 Å². The summed E-state index contributed by atoms with van der Waals surface area (Å²) in [6, 6.07) is 6.96. The molecular formula is C13H20N4O2. The van der Waals surface area contributed by atoms with Gasteiger partial charge in [0.05, 0.1) is 0 Å². The Kier molecular flexibility index (Phi) is 5.32. The van der Waals surface area contributed by atoms with E-state index in [1.165, 1.54) is 9.80 Å². The van der Waals surface area contributed by atoms with Gasteiger partial charge in [-0.05, 0) is 17.7 Å². The first kappa shape index (κ1) is 15.0. The van der Waals surface area contributed by atoms with Crippen LogP contribution in [-0.2, 0) is 11.3 Å². The van der Waals surface area contributed by atoms with Crippen LogP contribution < -0.4 is 11.1 Å². The molecule has 0 aliphatic heterocycles. The maximum atomic E-state index is 11.9.